The van der Waals surface area contributed by atoms with Gasteiger partial charge in [-0.2, -0.15) is 0 Å². The first kappa shape index (κ1) is 34.5. The van der Waals surface area contributed by atoms with Gasteiger partial charge in [-0.15, -0.1) is 0 Å². The fourth-order valence-electron chi connectivity index (χ4n) is 6.57. The minimum Gasteiger partial charge on any atom is -0.493 e. The van der Waals surface area contributed by atoms with E-state index < -0.39 is 18.2 Å². The van der Waals surface area contributed by atoms with Gasteiger partial charge < -0.3 is 18.9 Å². The molecule has 2 bridgehead atoms. The molecule has 2 atom stereocenters. The number of halogens is 2. The number of anilines is 1. The molecule has 0 radical (unpaired) electrons. The van der Waals surface area contributed by atoms with E-state index in [1.54, 1.807) is 48.4 Å². The Labute approximate surface area is 296 Å². The highest BCUT2D eigenvalue weighted by atomic mass is 35.5. The first-order valence-electron chi connectivity index (χ1n) is 16.3. The van der Waals surface area contributed by atoms with E-state index in [2.05, 4.69) is 9.88 Å². The summed E-state index contributed by atoms with van der Waals surface area (Å²) in [5.41, 5.74) is 4.06. The molecule has 49 heavy (non-hydrogen) atoms. The summed E-state index contributed by atoms with van der Waals surface area (Å²) >= 11 is 13.0. The number of methoxy groups -OCH3 is 2. The third-order valence-corrected chi connectivity index (χ3v) is 9.91. The maximum Gasteiger partial charge on any atom is 0.414 e. The Morgan fingerprint density at radius 3 is 2.35 bits per heavy atom. The van der Waals surface area contributed by atoms with Crippen molar-refractivity contribution in [3.05, 3.63) is 117 Å². The number of ether oxygens (including phenoxy) is 4. The van der Waals surface area contributed by atoms with Crippen molar-refractivity contribution < 1.29 is 28.5 Å². The third-order valence-electron chi connectivity index (χ3n) is 9.26. The van der Waals surface area contributed by atoms with Gasteiger partial charge in [-0.05, 0) is 97.4 Å². The Hall–Kier alpha value is -4.31. The van der Waals surface area contributed by atoms with E-state index in [-0.39, 0.29) is 19.1 Å². The average molecular weight is 705 g/mol. The van der Waals surface area contributed by atoms with Crippen LogP contribution >= 0.6 is 23.2 Å². The fraction of sp³-hybridized carbons (Fsp3) is 0.342. The summed E-state index contributed by atoms with van der Waals surface area (Å²) < 4.78 is 23.2. The molecule has 7 rings (SSSR count). The molecule has 3 saturated heterocycles. The number of hydrogen-bond donors (Lipinski definition) is 0. The summed E-state index contributed by atoms with van der Waals surface area (Å²) in [6.45, 7) is 5.05. The molecule has 0 spiro atoms. The predicted molar refractivity (Wildman–Crippen MR) is 189 cm³/mol. The predicted octanol–water partition coefficient (Wildman–Crippen LogP) is 8.09. The van der Waals surface area contributed by atoms with Crippen LogP contribution in [0.3, 0.4) is 0 Å². The lowest BCUT2D eigenvalue weighted by Gasteiger charge is -2.44. The van der Waals surface area contributed by atoms with Crippen molar-refractivity contribution in [3.63, 3.8) is 0 Å². The zero-order chi connectivity index (χ0) is 34.5. The van der Waals surface area contributed by atoms with Crippen LogP contribution in [0.2, 0.25) is 10.0 Å². The first-order chi connectivity index (χ1) is 23.7. The molecule has 3 aliphatic rings. The zero-order valence-corrected chi connectivity index (χ0v) is 29.2. The molecule has 4 heterocycles. The fourth-order valence-corrected chi connectivity index (χ4v) is 7.09. The van der Waals surface area contributed by atoms with Gasteiger partial charge in [-0.1, -0.05) is 53.5 Å². The van der Waals surface area contributed by atoms with Crippen LogP contribution in [-0.2, 0) is 22.4 Å². The molecule has 0 unspecified atom stereocenters. The van der Waals surface area contributed by atoms with Gasteiger partial charge in [0.05, 0.1) is 36.4 Å². The lowest BCUT2D eigenvalue weighted by molar-refractivity contribution is -0.0311. The number of hydrogen-bond acceptors (Lipinski definition) is 8. The molecule has 0 aliphatic carbocycles. The Kier molecular flexibility index (Phi) is 10.9. The Morgan fingerprint density at radius 1 is 0.939 bits per heavy atom. The van der Waals surface area contributed by atoms with Gasteiger partial charge in [0.2, 0.25) is 0 Å². The molecule has 0 saturated carbocycles. The van der Waals surface area contributed by atoms with Gasteiger partial charge in [0.1, 0.15) is 12.2 Å². The molecule has 256 valence electrons. The number of benzene rings is 3. The van der Waals surface area contributed by atoms with E-state index in [0.717, 1.165) is 49.3 Å². The second-order valence-corrected chi connectivity index (χ2v) is 13.3. The van der Waals surface area contributed by atoms with Crippen LogP contribution in [-0.4, -0.2) is 61.9 Å². The van der Waals surface area contributed by atoms with Gasteiger partial charge in [0.15, 0.2) is 11.5 Å². The van der Waals surface area contributed by atoms with Gasteiger partial charge in [-0.3, -0.25) is 14.8 Å². The van der Waals surface area contributed by atoms with Crippen molar-refractivity contribution in [2.24, 2.45) is 5.92 Å². The SMILES string of the molecule is COc1ccc([C@H](Cc2c(Cl)cncc2Cl)OC(=O)c2cccc(CN(C(=O)O[C@H]3CN4CCC3CC4)c3cccc(C)c3)c2)cc1OC. The lowest BCUT2D eigenvalue weighted by Crippen LogP contribution is -2.53. The summed E-state index contributed by atoms with van der Waals surface area (Å²) in [5, 5.41) is 0.717. The lowest BCUT2D eigenvalue weighted by atomic mass is 9.86. The van der Waals surface area contributed by atoms with Crippen LogP contribution in [0.4, 0.5) is 10.5 Å². The van der Waals surface area contributed by atoms with Crippen LogP contribution < -0.4 is 14.4 Å². The van der Waals surface area contributed by atoms with E-state index in [1.165, 1.54) is 19.5 Å². The smallest absolute Gasteiger partial charge is 0.414 e. The summed E-state index contributed by atoms with van der Waals surface area (Å²) in [6, 6.07) is 20.2. The number of aromatic nitrogens is 1. The minimum atomic E-state index is -0.784. The normalized spacial score (nSPS) is 18.8. The number of fused-ring (bicyclic) bond motifs is 3. The topological polar surface area (TPSA) is 90.4 Å². The quantitative estimate of drug-likeness (QED) is 0.145. The monoisotopic (exact) mass is 703 g/mol. The molecule has 3 fully saturated rings. The van der Waals surface area contributed by atoms with E-state index in [9.17, 15) is 9.59 Å². The van der Waals surface area contributed by atoms with Crippen molar-refractivity contribution in [1.82, 2.24) is 9.88 Å². The number of carbonyl (C=O) groups is 2. The minimum absolute atomic E-state index is 0.139. The summed E-state index contributed by atoms with van der Waals surface area (Å²) in [6.07, 6.45) is 3.94. The molecule has 1 amide bonds. The Balaban J connectivity index is 1.25. The van der Waals surface area contributed by atoms with Crippen molar-refractivity contribution in [2.45, 2.75) is 44.9 Å². The van der Waals surface area contributed by atoms with Gasteiger partial charge in [-0.25, -0.2) is 9.59 Å². The van der Waals surface area contributed by atoms with E-state index in [4.69, 9.17) is 42.1 Å². The van der Waals surface area contributed by atoms with Crippen LogP contribution in [0, 0.1) is 12.8 Å². The molecule has 0 N–H and O–H groups in total. The van der Waals surface area contributed by atoms with Crippen molar-refractivity contribution in [1.29, 1.82) is 0 Å². The Bertz CT molecular complexity index is 1790. The number of aryl methyl sites for hydroxylation is 1. The molecule has 1 aromatic heterocycles. The number of piperidine rings is 3. The molecule has 9 nitrogen and oxygen atoms in total. The number of pyridine rings is 1. The highest BCUT2D eigenvalue weighted by Crippen LogP contribution is 2.36. The van der Waals surface area contributed by atoms with E-state index in [0.29, 0.717) is 44.2 Å². The summed E-state index contributed by atoms with van der Waals surface area (Å²) in [7, 11) is 3.09. The van der Waals surface area contributed by atoms with Crippen molar-refractivity contribution in [2.75, 3.05) is 38.8 Å². The van der Waals surface area contributed by atoms with Crippen LogP contribution in [0.25, 0.3) is 0 Å². The van der Waals surface area contributed by atoms with Crippen LogP contribution in [0.15, 0.2) is 79.1 Å². The largest absolute Gasteiger partial charge is 0.493 e. The maximum absolute atomic E-state index is 13.8. The van der Waals surface area contributed by atoms with E-state index >= 15 is 0 Å². The summed E-state index contributed by atoms with van der Waals surface area (Å²) in [4.78, 5) is 35.7. The standard InChI is InChI=1S/C38H39Cl2N3O6/c1-24-6-4-9-29(16-24)43(38(45)49-36-23-42-14-12-26(36)13-15-42)22-25-7-5-8-28(17-25)37(44)48-34(19-30-31(39)20-41-21-32(30)40)27-10-11-33(46-2)35(18-27)47-3/h4-11,16-18,20-21,26,34,36H,12-15,19,22-23H2,1-3H3/t34-,36-/m0/s1. The number of carbonyl (C=O) groups excluding carboxylic acids is 2. The number of rotatable bonds is 11. The van der Waals surface area contributed by atoms with Gasteiger partial charge in [0.25, 0.3) is 0 Å². The van der Waals surface area contributed by atoms with Crippen molar-refractivity contribution in [3.8, 4) is 11.5 Å². The highest BCUT2D eigenvalue weighted by Gasteiger charge is 2.37. The van der Waals surface area contributed by atoms with Crippen molar-refractivity contribution >= 4 is 41.0 Å². The third kappa shape index (κ3) is 8.12. The first-order valence-corrected chi connectivity index (χ1v) is 17.0. The number of amides is 1. The second kappa shape index (κ2) is 15.5. The Morgan fingerprint density at radius 2 is 1.67 bits per heavy atom. The van der Waals surface area contributed by atoms with Gasteiger partial charge >= 0.3 is 12.1 Å². The molecular formula is C38H39Cl2N3O6. The van der Waals surface area contributed by atoms with E-state index in [1.807, 2.05) is 37.3 Å². The van der Waals surface area contributed by atoms with Crippen LogP contribution in [0.5, 0.6) is 11.5 Å². The zero-order valence-electron chi connectivity index (χ0n) is 27.7. The van der Waals surface area contributed by atoms with Crippen LogP contribution in [0.1, 0.15) is 51.6 Å². The number of esters is 1. The highest BCUT2D eigenvalue weighted by molar-refractivity contribution is 6.35. The summed E-state index contributed by atoms with van der Waals surface area (Å²) in [5.74, 6) is 0.840. The average Bonchev–Trinajstić information content (AvgIpc) is 3.12. The molecule has 3 aromatic carbocycles. The molecular weight excluding hydrogens is 665 g/mol. The molecule has 4 aromatic rings. The second-order valence-electron chi connectivity index (χ2n) is 12.5. The molecule has 11 heteroatoms. The maximum atomic E-state index is 13.8. The van der Waals surface area contributed by atoms with Gasteiger partial charge in [0, 0.05) is 31.0 Å². The number of nitrogens with zero attached hydrogens (tertiary/aromatic N) is 3. The molecule has 3 aliphatic heterocycles.